The summed E-state index contributed by atoms with van der Waals surface area (Å²) in [5, 5.41) is 17.3. The van der Waals surface area contributed by atoms with Gasteiger partial charge >= 0.3 is 5.97 Å². The Kier molecular flexibility index (Phi) is 3.68. The fourth-order valence-electron chi connectivity index (χ4n) is 3.06. The van der Waals surface area contributed by atoms with Crippen LogP contribution in [0.2, 0.25) is 0 Å². The molecule has 0 bridgehead atoms. The molecular weight excluding hydrogens is 268 g/mol. The lowest BCUT2D eigenvalue weighted by atomic mass is 9.87. The van der Waals surface area contributed by atoms with Crippen molar-refractivity contribution in [1.82, 2.24) is 20.0 Å². The number of carboxylic acids is 1. The third-order valence-electron chi connectivity index (χ3n) is 4.06. The van der Waals surface area contributed by atoms with Gasteiger partial charge in [0.2, 0.25) is 0 Å². The first kappa shape index (κ1) is 13.7. The summed E-state index contributed by atoms with van der Waals surface area (Å²) in [5.74, 6) is -0.441. The van der Waals surface area contributed by atoms with Crippen LogP contribution in [0.25, 0.3) is 11.4 Å². The maximum Gasteiger partial charge on any atom is 0.358 e. The van der Waals surface area contributed by atoms with E-state index in [9.17, 15) is 9.90 Å². The Hall–Kier alpha value is -2.24. The van der Waals surface area contributed by atoms with E-state index < -0.39 is 5.97 Å². The van der Waals surface area contributed by atoms with Crippen molar-refractivity contribution >= 4 is 5.97 Å². The summed E-state index contributed by atoms with van der Waals surface area (Å²) >= 11 is 0. The molecule has 2 aromatic heterocycles. The van der Waals surface area contributed by atoms with Crippen LogP contribution in [0.1, 0.15) is 49.1 Å². The number of nitrogens with zero attached hydrogens (tertiary/aromatic N) is 4. The summed E-state index contributed by atoms with van der Waals surface area (Å²) in [4.78, 5) is 15.7. The minimum absolute atomic E-state index is 0.0214. The molecule has 0 aliphatic heterocycles. The van der Waals surface area contributed by atoms with Crippen LogP contribution >= 0.6 is 0 Å². The molecule has 0 amide bonds. The Bertz CT molecular complexity index is 638. The summed E-state index contributed by atoms with van der Waals surface area (Å²) in [7, 11) is 0. The van der Waals surface area contributed by atoms with Crippen molar-refractivity contribution in [3.05, 3.63) is 30.1 Å². The van der Waals surface area contributed by atoms with E-state index in [1.165, 1.54) is 6.42 Å². The second kappa shape index (κ2) is 5.63. The molecule has 1 N–H and O–H groups in total. The quantitative estimate of drug-likeness (QED) is 0.938. The van der Waals surface area contributed by atoms with Crippen LogP contribution in [0.5, 0.6) is 0 Å². The molecule has 0 radical (unpaired) electrons. The molecule has 6 heteroatoms. The molecule has 110 valence electrons. The summed E-state index contributed by atoms with van der Waals surface area (Å²) in [6.07, 6.45) is 6.02. The van der Waals surface area contributed by atoms with Crippen LogP contribution in [0.4, 0.5) is 0 Å². The molecule has 0 saturated heterocycles. The highest BCUT2D eigenvalue weighted by atomic mass is 16.4. The largest absolute Gasteiger partial charge is 0.476 e. The van der Waals surface area contributed by atoms with Crippen molar-refractivity contribution < 1.29 is 9.90 Å². The van der Waals surface area contributed by atoms with E-state index in [0.29, 0.717) is 17.3 Å². The lowest BCUT2D eigenvalue weighted by Gasteiger charge is -2.27. The molecule has 2 unspecified atom stereocenters. The van der Waals surface area contributed by atoms with E-state index in [1.807, 2.05) is 6.07 Å². The predicted molar refractivity (Wildman–Crippen MR) is 76.9 cm³/mol. The second-order valence-corrected chi connectivity index (χ2v) is 5.68. The van der Waals surface area contributed by atoms with E-state index in [2.05, 4.69) is 22.2 Å². The number of aromatic carboxylic acids is 1. The van der Waals surface area contributed by atoms with Gasteiger partial charge in [0.15, 0.2) is 5.69 Å². The summed E-state index contributed by atoms with van der Waals surface area (Å²) in [5.41, 5.74) is 1.10. The fourth-order valence-corrected chi connectivity index (χ4v) is 3.06. The van der Waals surface area contributed by atoms with Gasteiger partial charge in [-0.05, 0) is 30.9 Å². The highest BCUT2D eigenvalue weighted by molar-refractivity contribution is 5.92. The van der Waals surface area contributed by atoms with Crippen LogP contribution in [-0.4, -0.2) is 31.1 Å². The van der Waals surface area contributed by atoms with Gasteiger partial charge in [-0.1, -0.05) is 31.0 Å². The zero-order valence-corrected chi connectivity index (χ0v) is 11.9. The van der Waals surface area contributed by atoms with Gasteiger partial charge in [-0.25, -0.2) is 9.48 Å². The lowest BCUT2D eigenvalue weighted by Crippen LogP contribution is -2.20. The van der Waals surface area contributed by atoms with Crippen molar-refractivity contribution in [3.63, 3.8) is 0 Å². The van der Waals surface area contributed by atoms with Crippen LogP contribution in [-0.2, 0) is 0 Å². The van der Waals surface area contributed by atoms with Crippen molar-refractivity contribution in [2.24, 2.45) is 5.92 Å². The molecule has 1 fully saturated rings. The Morgan fingerprint density at radius 1 is 1.38 bits per heavy atom. The van der Waals surface area contributed by atoms with E-state index in [1.54, 1.807) is 23.0 Å². The molecule has 1 aliphatic rings. The number of rotatable bonds is 3. The monoisotopic (exact) mass is 286 g/mol. The smallest absolute Gasteiger partial charge is 0.358 e. The Morgan fingerprint density at radius 2 is 2.24 bits per heavy atom. The molecule has 2 heterocycles. The lowest BCUT2D eigenvalue weighted by molar-refractivity contribution is 0.0691. The maximum absolute atomic E-state index is 11.4. The highest BCUT2D eigenvalue weighted by Crippen LogP contribution is 2.35. The van der Waals surface area contributed by atoms with Gasteiger partial charge in [-0.15, -0.1) is 5.10 Å². The predicted octanol–water partition coefficient (Wildman–Crippen LogP) is 2.79. The topological polar surface area (TPSA) is 80.9 Å². The minimum Gasteiger partial charge on any atom is -0.476 e. The molecule has 21 heavy (non-hydrogen) atoms. The first-order valence-electron chi connectivity index (χ1n) is 7.26. The molecule has 0 aromatic carbocycles. The SMILES string of the molecule is CC1CCCC(n2nnc(C(=O)O)c2-c2ccccn2)C1. The van der Waals surface area contributed by atoms with E-state index in [0.717, 1.165) is 19.3 Å². The average molecular weight is 286 g/mol. The van der Waals surface area contributed by atoms with Gasteiger partial charge in [0.1, 0.15) is 5.69 Å². The molecule has 2 atom stereocenters. The third kappa shape index (κ3) is 2.66. The summed E-state index contributed by atoms with van der Waals surface area (Å²) in [6.45, 7) is 2.22. The van der Waals surface area contributed by atoms with Gasteiger partial charge in [0.05, 0.1) is 11.7 Å². The van der Waals surface area contributed by atoms with Gasteiger partial charge in [-0.2, -0.15) is 0 Å². The van der Waals surface area contributed by atoms with Crippen molar-refractivity contribution in [1.29, 1.82) is 0 Å². The molecule has 3 rings (SSSR count). The zero-order chi connectivity index (χ0) is 14.8. The number of carboxylic acid groups (broad SMARTS) is 1. The normalized spacial score (nSPS) is 22.1. The van der Waals surface area contributed by atoms with Gasteiger partial charge in [0.25, 0.3) is 0 Å². The number of hydrogen-bond donors (Lipinski definition) is 1. The van der Waals surface area contributed by atoms with Crippen LogP contribution in [0.15, 0.2) is 24.4 Å². The van der Waals surface area contributed by atoms with E-state index in [4.69, 9.17) is 0 Å². The Morgan fingerprint density at radius 3 is 2.90 bits per heavy atom. The number of carbonyl (C=O) groups is 1. The standard InChI is InChI=1S/C15H18N4O2/c1-10-5-4-6-11(9-10)19-14(12-7-2-3-8-16-12)13(15(20)21)17-18-19/h2-3,7-8,10-11H,4-6,9H2,1H3,(H,20,21). The van der Waals surface area contributed by atoms with Gasteiger partial charge in [-0.3, -0.25) is 4.98 Å². The number of pyridine rings is 1. The molecule has 6 nitrogen and oxygen atoms in total. The summed E-state index contributed by atoms with van der Waals surface area (Å²) < 4.78 is 1.77. The zero-order valence-electron chi connectivity index (χ0n) is 11.9. The van der Waals surface area contributed by atoms with Crippen LogP contribution in [0, 0.1) is 5.92 Å². The van der Waals surface area contributed by atoms with E-state index >= 15 is 0 Å². The van der Waals surface area contributed by atoms with Crippen molar-refractivity contribution in [2.75, 3.05) is 0 Å². The fraction of sp³-hybridized carbons (Fsp3) is 0.467. The molecule has 0 spiro atoms. The van der Waals surface area contributed by atoms with Crippen LogP contribution < -0.4 is 0 Å². The molecule has 1 saturated carbocycles. The third-order valence-corrected chi connectivity index (χ3v) is 4.06. The maximum atomic E-state index is 11.4. The second-order valence-electron chi connectivity index (χ2n) is 5.68. The molecule has 2 aromatic rings. The molecule has 1 aliphatic carbocycles. The van der Waals surface area contributed by atoms with Crippen molar-refractivity contribution in [2.45, 2.75) is 38.6 Å². The van der Waals surface area contributed by atoms with Gasteiger partial charge < -0.3 is 5.11 Å². The summed E-state index contributed by atoms with van der Waals surface area (Å²) in [6, 6.07) is 5.65. The highest BCUT2D eigenvalue weighted by Gasteiger charge is 2.28. The van der Waals surface area contributed by atoms with Crippen molar-refractivity contribution in [3.8, 4) is 11.4 Å². The first-order valence-corrected chi connectivity index (χ1v) is 7.26. The Labute approximate surface area is 122 Å². The number of hydrogen-bond acceptors (Lipinski definition) is 4. The molecular formula is C15H18N4O2. The van der Waals surface area contributed by atoms with E-state index in [-0.39, 0.29) is 11.7 Å². The first-order chi connectivity index (χ1) is 10.2. The average Bonchev–Trinajstić information content (AvgIpc) is 2.93. The number of aromatic nitrogens is 4. The van der Waals surface area contributed by atoms with Crippen LogP contribution in [0.3, 0.4) is 0 Å². The Balaban J connectivity index is 2.07. The minimum atomic E-state index is -1.06. The van der Waals surface area contributed by atoms with Gasteiger partial charge in [0, 0.05) is 6.20 Å².